The summed E-state index contributed by atoms with van der Waals surface area (Å²) in [7, 11) is 0. The van der Waals surface area contributed by atoms with E-state index in [0.717, 1.165) is 16.0 Å². The van der Waals surface area contributed by atoms with Crippen molar-refractivity contribution in [3.8, 4) is 5.75 Å². The van der Waals surface area contributed by atoms with E-state index in [1.807, 2.05) is 54.9 Å². The standard InChI is InChI=1S/C15H11NOS/c18-15-8-4-3-7-14(15)17-16-10-9-12-5-1-2-6-13(12)11-16/h1-11H/p+1. The Bertz CT molecular complexity index is 697. The lowest BCUT2D eigenvalue weighted by Gasteiger charge is -2.01. The predicted octanol–water partition coefficient (Wildman–Crippen LogP) is 3.26. The van der Waals surface area contributed by atoms with Gasteiger partial charge < -0.3 is 0 Å². The molecule has 0 aliphatic heterocycles. The Morgan fingerprint density at radius 3 is 2.39 bits per heavy atom. The van der Waals surface area contributed by atoms with Crippen molar-refractivity contribution in [2.45, 2.75) is 4.90 Å². The molecule has 3 heteroatoms. The Balaban J connectivity index is 1.98. The molecule has 0 aliphatic rings. The zero-order chi connectivity index (χ0) is 12.4. The molecule has 0 saturated heterocycles. The van der Waals surface area contributed by atoms with Crippen molar-refractivity contribution in [1.82, 2.24) is 0 Å². The van der Waals surface area contributed by atoms with Crippen LogP contribution >= 0.6 is 12.6 Å². The minimum absolute atomic E-state index is 0.737. The third-order valence-electron chi connectivity index (χ3n) is 2.73. The number of rotatable bonds is 2. The fourth-order valence-electron chi connectivity index (χ4n) is 1.82. The van der Waals surface area contributed by atoms with Crippen LogP contribution in [0.1, 0.15) is 0 Å². The normalized spacial score (nSPS) is 10.5. The second-order valence-electron chi connectivity index (χ2n) is 3.99. The largest absolute Gasteiger partial charge is 0.230 e. The van der Waals surface area contributed by atoms with Gasteiger partial charge in [0, 0.05) is 10.8 Å². The van der Waals surface area contributed by atoms with Gasteiger partial charge in [-0.15, -0.1) is 12.6 Å². The van der Waals surface area contributed by atoms with E-state index in [1.165, 1.54) is 5.39 Å². The average Bonchev–Trinajstić information content (AvgIpc) is 2.41. The van der Waals surface area contributed by atoms with Crippen LogP contribution in [0.25, 0.3) is 10.8 Å². The number of aromatic nitrogens is 1. The lowest BCUT2D eigenvalue weighted by molar-refractivity contribution is -0.874. The van der Waals surface area contributed by atoms with Crippen LogP contribution < -0.4 is 9.57 Å². The molecule has 2 aromatic carbocycles. The molecule has 0 aliphatic carbocycles. The van der Waals surface area contributed by atoms with E-state index in [0.29, 0.717) is 0 Å². The molecule has 1 aromatic heterocycles. The Morgan fingerprint density at radius 1 is 0.833 bits per heavy atom. The second-order valence-corrected chi connectivity index (χ2v) is 4.47. The maximum atomic E-state index is 5.76. The Labute approximate surface area is 111 Å². The van der Waals surface area contributed by atoms with Gasteiger partial charge >= 0.3 is 0 Å². The minimum Gasteiger partial charge on any atom is -0.230 e. The van der Waals surface area contributed by atoms with Crippen molar-refractivity contribution >= 4 is 23.4 Å². The summed E-state index contributed by atoms with van der Waals surface area (Å²) in [6.45, 7) is 0. The van der Waals surface area contributed by atoms with Crippen LogP contribution in [0.15, 0.2) is 71.9 Å². The topological polar surface area (TPSA) is 13.1 Å². The molecule has 0 saturated carbocycles. The van der Waals surface area contributed by atoms with Gasteiger partial charge in [-0.25, -0.2) is 4.84 Å². The number of nitrogens with zero attached hydrogens (tertiary/aromatic N) is 1. The van der Waals surface area contributed by atoms with Gasteiger partial charge in [0.05, 0.1) is 10.3 Å². The number of para-hydroxylation sites is 1. The number of benzene rings is 2. The van der Waals surface area contributed by atoms with Gasteiger partial charge in [0.1, 0.15) is 0 Å². The third kappa shape index (κ3) is 2.17. The van der Waals surface area contributed by atoms with Crippen LogP contribution in [0, 0.1) is 0 Å². The van der Waals surface area contributed by atoms with Gasteiger partial charge in [0.15, 0.2) is 0 Å². The van der Waals surface area contributed by atoms with Crippen LogP contribution in [0.2, 0.25) is 0 Å². The molecule has 0 spiro atoms. The molecule has 0 N–H and O–H groups in total. The molecule has 0 amide bonds. The third-order valence-corrected chi connectivity index (χ3v) is 3.10. The van der Waals surface area contributed by atoms with E-state index in [-0.39, 0.29) is 0 Å². The summed E-state index contributed by atoms with van der Waals surface area (Å²) in [6, 6.07) is 17.8. The molecule has 3 rings (SSSR count). The minimum atomic E-state index is 0.737. The van der Waals surface area contributed by atoms with Gasteiger partial charge in [-0.2, -0.15) is 0 Å². The first-order valence-corrected chi connectivity index (χ1v) is 6.14. The molecule has 0 unspecified atom stereocenters. The van der Waals surface area contributed by atoms with Crippen molar-refractivity contribution in [2.24, 2.45) is 0 Å². The summed E-state index contributed by atoms with van der Waals surface area (Å²) in [6.07, 6.45) is 3.85. The molecule has 3 aromatic rings. The summed E-state index contributed by atoms with van der Waals surface area (Å²) in [5.74, 6) is 0.737. The second kappa shape index (κ2) is 4.70. The zero-order valence-corrected chi connectivity index (χ0v) is 10.5. The highest BCUT2D eigenvalue weighted by molar-refractivity contribution is 7.80. The van der Waals surface area contributed by atoms with E-state index in [9.17, 15) is 0 Å². The van der Waals surface area contributed by atoms with E-state index in [1.54, 1.807) is 4.73 Å². The Kier molecular flexibility index (Phi) is 2.90. The van der Waals surface area contributed by atoms with Crippen LogP contribution in [0.4, 0.5) is 0 Å². The van der Waals surface area contributed by atoms with Gasteiger partial charge in [0.25, 0.3) is 0 Å². The smallest absolute Gasteiger partial charge is 0.230 e. The molecule has 2 nitrogen and oxygen atoms in total. The lowest BCUT2D eigenvalue weighted by Crippen LogP contribution is -2.38. The highest BCUT2D eigenvalue weighted by atomic mass is 32.1. The van der Waals surface area contributed by atoms with Crippen molar-refractivity contribution < 1.29 is 9.57 Å². The number of hydrogen-bond acceptors (Lipinski definition) is 2. The first-order chi connectivity index (χ1) is 8.83. The predicted molar refractivity (Wildman–Crippen MR) is 73.9 cm³/mol. The molecule has 1 heterocycles. The maximum absolute atomic E-state index is 5.76. The van der Waals surface area contributed by atoms with Crippen LogP contribution in [-0.4, -0.2) is 0 Å². The SMILES string of the molecule is Sc1ccccc1O[n+]1ccc2ccccc2c1. The van der Waals surface area contributed by atoms with Gasteiger partial charge in [-0.05, 0) is 23.6 Å². The average molecular weight is 254 g/mol. The van der Waals surface area contributed by atoms with Crippen LogP contribution in [0.5, 0.6) is 5.75 Å². The zero-order valence-electron chi connectivity index (χ0n) is 9.65. The van der Waals surface area contributed by atoms with Crippen molar-refractivity contribution in [2.75, 3.05) is 0 Å². The first-order valence-electron chi connectivity index (χ1n) is 5.69. The first kappa shape index (κ1) is 11.1. The molecule has 0 radical (unpaired) electrons. The van der Waals surface area contributed by atoms with Gasteiger partial charge in [-0.3, -0.25) is 0 Å². The monoisotopic (exact) mass is 254 g/mol. The lowest BCUT2D eigenvalue weighted by atomic mass is 10.2. The molecule has 0 fully saturated rings. The van der Waals surface area contributed by atoms with Gasteiger partial charge in [-0.1, -0.05) is 30.3 Å². The number of thiol groups is 1. The molecule has 0 bridgehead atoms. The molecule has 88 valence electrons. The van der Waals surface area contributed by atoms with Gasteiger partial charge in [0.2, 0.25) is 18.1 Å². The Morgan fingerprint density at radius 2 is 1.56 bits per heavy atom. The molecular formula is C15H12NOS+. The highest BCUT2D eigenvalue weighted by Gasteiger charge is 2.08. The van der Waals surface area contributed by atoms with E-state index < -0.39 is 0 Å². The van der Waals surface area contributed by atoms with E-state index in [4.69, 9.17) is 4.84 Å². The molecule has 0 atom stereocenters. The summed E-state index contributed by atoms with van der Waals surface area (Å²) in [4.78, 5) is 6.58. The van der Waals surface area contributed by atoms with Crippen molar-refractivity contribution in [3.63, 3.8) is 0 Å². The summed E-state index contributed by atoms with van der Waals surface area (Å²) in [5.41, 5.74) is 0. The van der Waals surface area contributed by atoms with Crippen molar-refractivity contribution in [3.05, 3.63) is 67.0 Å². The van der Waals surface area contributed by atoms with Crippen LogP contribution in [0.3, 0.4) is 0 Å². The summed E-state index contributed by atoms with van der Waals surface area (Å²) < 4.78 is 1.69. The number of fused-ring (bicyclic) bond motifs is 1. The fraction of sp³-hybridized carbons (Fsp3) is 0. The Hall–Kier alpha value is -2.00. The van der Waals surface area contributed by atoms with Crippen LogP contribution in [-0.2, 0) is 0 Å². The van der Waals surface area contributed by atoms with E-state index in [2.05, 4.69) is 24.8 Å². The number of hydrogen-bond donors (Lipinski definition) is 1. The fourth-order valence-corrected chi connectivity index (χ4v) is 2.02. The number of pyridine rings is 1. The summed E-state index contributed by atoms with van der Waals surface area (Å²) in [5, 5.41) is 2.33. The summed E-state index contributed by atoms with van der Waals surface area (Å²) >= 11 is 4.36. The van der Waals surface area contributed by atoms with Crippen molar-refractivity contribution in [1.29, 1.82) is 0 Å². The van der Waals surface area contributed by atoms with E-state index >= 15 is 0 Å². The highest BCUT2D eigenvalue weighted by Crippen LogP contribution is 2.20. The molecular weight excluding hydrogens is 242 g/mol. The quantitative estimate of drug-likeness (QED) is 0.547. The maximum Gasteiger partial charge on any atom is 0.230 e. The molecule has 18 heavy (non-hydrogen) atoms.